The van der Waals surface area contributed by atoms with Crippen LogP contribution in [0.1, 0.15) is 18.4 Å². The summed E-state index contributed by atoms with van der Waals surface area (Å²) in [5.41, 5.74) is 2.16. The van der Waals surface area contributed by atoms with Gasteiger partial charge in [-0.3, -0.25) is 19.8 Å². The molecule has 0 bridgehead atoms. The van der Waals surface area contributed by atoms with Crippen LogP contribution in [0.4, 0.5) is 0 Å². The molecule has 0 unspecified atom stereocenters. The summed E-state index contributed by atoms with van der Waals surface area (Å²) >= 11 is 0. The minimum Gasteiger partial charge on any atom is -0.352 e. The van der Waals surface area contributed by atoms with Crippen LogP contribution in [0.5, 0.6) is 0 Å². The Bertz CT molecular complexity index is 838. The van der Waals surface area contributed by atoms with Crippen molar-refractivity contribution in [3.63, 3.8) is 0 Å². The molecule has 1 saturated carbocycles. The van der Waals surface area contributed by atoms with Gasteiger partial charge >= 0.3 is 0 Å². The fraction of sp³-hybridized carbons (Fsp3) is 0.500. The van der Waals surface area contributed by atoms with Crippen LogP contribution in [-0.2, 0) is 11.3 Å². The zero-order chi connectivity index (χ0) is 20.1. The molecule has 9 nitrogen and oxygen atoms in total. The fourth-order valence-electron chi connectivity index (χ4n) is 3.51. The molecule has 1 aliphatic carbocycles. The molecule has 2 aliphatic rings. The van der Waals surface area contributed by atoms with Crippen molar-refractivity contribution in [1.82, 2.24) is 35.6 Å². The van der Waals surface area contributed by atoms with Gasteiger partial charge < -0.3 is 15.5 Å². The van der Waals surface area contributed by atoms with Crippen molar-refractivity contribution in [2.75, 3.05) is 39.8 Å². The van der Waals surface area contributed by atoms with Gasteiger partial charge in [0.15, 0.2) is 11.8 Å². The topological polar surface area (TPSA) is 102 Å². The van der Waals surface area contributed by atoms with E-state index in [9.17, 15) is 4.79 Å². The Morgan fingerprint density at radius 1 is 1.28 bits per heavy atom. The van der Waals surface area contributed by atoms with E-state index in [1.165, 1.54) is 6.33 Å². The largest absolute Gasteiger partial charge is 0.352 e. The minimum absolute atomic E-state index is 0.148. The highest BCUT2D eigenvalue weighted by molar-refractivity contribution is 5.80. The van der Waals surface area contributed by atoms with Gasteiger partial charge in [0.2, 0.25) is 5.91 Å². The number of piperazine rings is 1. The smallest absolute Gasteiger partial charge is 0.234 e. The highest BCUT2D eigenvalue weighted by atomic mass is 16.2. The van der Waals surface area contributed by atoms with E-state index >= 15 is 0 Å². The summed E-state index contributed by atoms with van der Waals surface area (Å²) < 4.78 is 0. The maximum Gasteiger partial charge on any atom is 0.234 e. The second-order valence-corrected chi connectivity index (χ2v) is 7.54. The Kier molecular flexibility index (Phi) is 6.04. The Morgan fingerprint density at radius 3 is 2.79 bits per heavy atom. The number of benzene rings is 1. The number of aliphatic imine (C=N–C) groups is 1. The third kappa shape index (κ3) is 5.32. The molecule has 0 spiro atoms. The van der Waals surface area contributed by atoms with Crippen molar-refractivity contribution in [2.24, 2.45) is 4.99 Å². The number of rotatable bonds is 6. The van der Waals surface area contributed by atoms with E-state index in [1.54, 1.807) is 0 Å². The van der Waals surface area contributed by atoms with Gasteiger partial charge in [0.25, 0.3) is 0 Å². The predicted octanol–water partition coefficient (Wildman–Crippen LogP) is 0.443. The molecule has 154 valence electrons. The van der Waals surface area contributed by atoms with E-state index in [0.717, 1.165) is 61.9 Å². The third-order valence-electron chi connectivity index (χ3n) is 5.26. The number of carbonyl (C=O) groups excluding carboxylic acids is 1. The summed E-state index contributed by atoms with van der Waals surface area (Å²) in [4.78, 5) is 25.1. The van der Waals surface area contributed by atoms with Gasteiger partial charge in [0.05, 0.1) is 6.54 Å². The molecule has 1 aromatic carbocycles. The van der Waals surface area contributed by atoms with Crippen molar-refractivity contribution in [1.29, 1.82) is 0 Å². The van der Waals surface area contributed by atoms with E-state index < -0.39 is 0 Å². The molecular formula is C20H28N8O. The zero-order valence-corrected chi connectivity index (χ0v) is 16.8. The van der Waals surface area contributed by atoms with Crippen molar-refractivity contribution in [3.8, 4) is 11.4 Å². The lowest BCUT2D eigenvalue weighted by atomic mass is 10.1. The molecule has 1 aliphatic heterocycles. The molecule has 2 fully saturated rings. The van der Waals surface area contributed by atoms with Gasteiger partial charge in [-0.2, -0.15) is 5.10 Å². The molecule has 1 saturated heterocycles. The molecule has 2 aromatic rings. The number of nitrogens with zero attached hydrogens (tertiary/aromatic N) is 5. The van der Waals surface area contributed by atoms with Crippen LogP contribution in [0.3, 0.4) is 0 Å². The van der Waals surface area contributed by atoms with Crippen LogP contribution >= 0.6 is 0 Å². The van der Waals surface area contributed by atoms with Crippen molar-refractivity contribution < 1.29 is 4.79 Å². The Morgan fingerprint density at radius 2 is 2.10 bits per heavy atom. The summed E-state index contributed by atoms with van der Waals surface area (Å²) in [7, 11) is 1.81. The van der Waals surface area contributed by atoms with Crippen LogP contribution < -0.4 is 10.6 Å². The number of nitrogens with one attached hydrogen (secondary N) is 3. The Hall–Kier alpha value is -2.94. The quantitative estimate of drug-likeness (QED) is 0.484. The summed E-state index contributed by atoms with van der Waals surface area (Å²) in [6.07, 6.45) is 3.77. The van der Waals surface area contributed by atoms with Gasteiger partial charge in [0.1, 0.15) is 6.33 Å². The first-order valence-corrected chi connectivity index (χ1v) is 10.1. The average molecular weight is 396 g/mol. The lowest BCUT2D eigenvalue weighted by molar-refractivity contribution is -0.122. The van der Waals surface area contributed by atoms with E-state index in [2.05, 4.69) is 52.7 Å². The van der Waals surface area contributed by atoms with Gasteiger partial charge in [-0.1, -0.05) is 18.2 Å². The standard InChI is InChI=1S/C20H28N8O/c1-21-20(22-12-15-3-2-4-16(11-15)19-23-14-24-26-19)28-9-7-27(8-10-28)13-18(29)25-17-5-6-17/h2-4,11,14,17H,5-10,12-13H2,1H3,(H,21,22)(H,25,29)(H,23,24,26). The van der Waals surface area contributed by atoms with E-state index in [1.807, 2.05) is 19.2 Å². The molecule has 0 atom stereocenters. The molecule has 4 rings (SSSR count). The average Bonchev–Trinajstić information content (AvgIpc) is 3.37. The van der Waals surface area contributed by atoms with Gasteiger partial charge in [-0.25, -0.2) is 4.98 Å². The SMILES string of the molecule is CN=C(NCc1cccc(-c2ncn[nH]2)c1)N1CCN(CC(=O)NC2CC2)CC1. The zero-order valence-electron chi connectivity index (χ0n) is 16.8. The number of H-pyrrole nitrogens is 1. The highest BCUT2D eigenvalue weighted by Crippen LogP contribution is 2.18. The number of hydrogen-bond acceptors (Lipinski definition) is 5. The first-order chi connectivity index (χ1) is 14.2. The number of amides is 1. The van der Waals surface area contributed by atoms with Crippen molar-refractivity contribution in [3.05, 3.63) is 36.2 Å². The molecule has 29 heavy (non-hydrogen) atoms. The van der Waals surface area contributed by atoms with Gasteiger partial charge in [0, 0.05) is 51.4 Å². The maximum absolute atomic E-state index is 12.0. The van der Waals surface area contributed by atoms with Crippen molar-refractivity contribution in [2.45, 2.75) is 25.4 Å². The molecule has 3 N–H and O–H groups in total. The molecule has 2 heterocycles. The summed E-state index contributed by atoms with van der Waals surface area (Å²) in [5, 5.41) is 13.3. The number of hydrogen-bond donors (Lipinski definition) is 3. The monoisotopic (exact) mass is 396 g/mol. The van der Waals surface area contributed by atoms with Crippen LogP contribution in [0, 0.1) is 0 Å². The van der Waals surface area contributed by atoms with E-state index in [-0.39, 0.29) is 5.91 Å². The fourth-order valence-corrected chi connectivity index (χ4v) is 3.51. The summed E-state index contributed by atoms with van der Waals surface area (Å²) in [5.74, 6) is 1.80. The predicted molar refractivity (Wildman–Crippen MR) is 111 cm³/mol. The van der Waals surface area contributed by atoms with Gasteiger partial charge in [-0.05, 0) is 24.5 Å². The number of aromatic amines is 1. The van der Waals surface area contributed by atoms with Crippen LogP contribution in [0.25, 0.3) is 11.4 Å². The first-order valence-electron chi connectivity index (χ1n) is 10.1. The lowest BCUT2D eigenvalue weighted by Crippen LogP contribution is -2.54. The van der Waals surface area contributed by atoms with E-state index in [4.69, 9.17) is 0 Å². The Balaban J connectivity index is 1.26. The van der Waals surface area contributed by atoms with Crippen LogP contribution in [0.2, 0.25) is 0 Å². The highest BCUT2D eigenvalue weighted by Gasteiger charge is 2.25. The summed E-state index contributed by atoms with van der Waals surface area (Å²) in [6, 6.07) is 8.63. The molecule has 1 aromatic heterocycles. The Labute approximate surface area is 170 Å². The molecule has 0 radical (unpaired) electrons. The van der Waals surface area contributed by atoms with Gasteiger partial charge in [-0.15, -0.1) is 0 Å². The summed E-state index contributed by atoms with van der Waals surface area (Å²) in [6.45, 7) is 4.60. The van der Waals surface area contributed by atoms with E-state index in [0.29, 0.717) is 19.1 Å². The number of aromatic nitrogens is 3. The number of carbonyl (C=O) groups is 1. The second-order valence-electron chi connectivity index (χ2n) is 7.54. The first kappa shape index (κ1) is 19.4. The minimum atomic E-state index is 0.148. The molecule has 1 amide bonds. The second kappa shape index (κ2) is 9.04. The lowest BCUT2D eigenvalue weighted by Gasteiger charge is -2.36. The van der Waals surface area contributed by atoms with Crippen LogP contribution in [0.15, 0.2) is 35.6 Å². The van der Waals surface area contributed by atoms with Crippen LogP contribution in [-0.4, -0.2) is 82.7 Å². The maximum atomic E-state index is 12.0. The third-order valence-corrected chi connectivity index (χ3v) is 5.26. The number of guanidine groups is 1. The molecular weight excluding hydrogens is 368 g/mol. The molecule has 9 heteroatoms. The normalized spacial score (nSPS) is 18.0. The van der Waals surface area contributed by atoms with Crippen molar-refractivity contribution >= 4 is 11.9 Å².